The van der Waals surface area contributed by atoms with Crippen molar-refractivity contribution < 1.29 is 8.42 Å². The van der Waals surface area contributed by atoms with Crippen LogP contribution >= 0.6 is 15.9 Å². The second-order valence-corrected chi connectivity index (χ2v) is 6.05. The first-order chi connectivity index (χ1) is 8.49. The van der Waals surface area contributed by atoms with Crippen molar-refractivity contribution >= 4 is 31.8 Å². The number of H-pyrrole nitrogens is 1. The molecule has 0 aliphatic rings. The summed E-state index contributed by atoms with van der Waals surface area (Å²) in [5, 5.41) is 0. The summed E-state index contributed by atoms with van der Waals surface area (Å²) in [6.45, 7) is 0.0568. The summed E-state index contributed by atoms with van der Waals surface area (Å²) in [5.41, 5.74) is 5.55. The van der Waals surface area contributed by atoms with E-state index in [1.807, 2.05) is 0 Å². The minimum atomic E-state index is -3.72. The number of nitrogens with two attached hydrogens (primary N) is 1. The van der Waals surface area contributed by atoms with Gasteiger partial charge in [-0.05, 0) is 22.0 Å². The molecule has 0 amide bonds. The molecule has 2 heterocycles. The highest BCUT2D eigenvalue weighted by atomic mass is 79.9. The van der Waals surface area contributed by atoms with Gasteiger partial charge in [0.05, 0.1) is 6.54 Å². The Morgan fingerprint density at radius 2 is 2.22 bits per heavy atom. The van der Waals surface area contributed by atoms with Crippen molar-refractivity contribution in [1.29, 1.82) is 0 Å². The summed E-state index contributed by atoms with van der Waals surface area (Å²) in [5.74, 6) is 0.463. The number of sulfonamides is 1. The third kappa shape index (κ3) is 2.86. The lowest BCUT2D eigenvalue weighted by Gasteiger charge is -2.07. The molecule has 0 radical (unpaired) electrons. The van der Waals surface area contributed by atoms with Crippen molar-refractivity contribution in [1.82, 2.24) is 19.7 Å². The zero-order valence-corrected chi connectivity index (χ0v) is 11.5. The van der Waals surface area contributed by atoms with Gasteiger partial charge in [-0.1, -0.05) is 0 Å². The second-order valence-electron chi connectivity index (χ2n) is 3.40. The molecule has 0 atom stereocenters. The Morgan fingerprint density at radius 3 is 2.89 bits per heavy atom. The van der Waals surface area contributed by atoms with Gasteiger partial charge >= 0.3 is 0 Å². The maximum atomic E-state index is 12.0. The first-order valence-corrected chi connectivity index (χ1v) is 7.15. The van der Waals surface area contributed by atoms with E-state index in [4.69, 9.17) is 5.73 Å². The minimum absolute atomic E-state index is 0.0508. The first-order valence-electron chi connectivity index (χ1n) is 4.88. The standard InChI is InChI=1S/C9H10BrN5O2S/c10-6-3-7(9(11)14-4-6)18(16,17)15-5-8-12-1-2-13-8/h1-4,15H,5H2,(H2,11,14)(H,12,13). The molecule has 0 bridgehead atoms. The van der Waals surface area contributed by atoms with Gasteiger partial charge in [0.2, 0.25) is 10.0 Å². The normalized spacial score (nSPS) is 11.6. The second kappa shape index (κ2) is 5.04. The molecule has 0 saturated carbocycles. The molecule has 9 heteroatoms. The van der Waals surface area contributed by atoms with Crippen LogP contribution < -0.4 is 10.5 Å². The first kappa shape index (κ1) is 13.0. The van der Waals surface area contributed by atoms with E-state index in [0.29, 0.717) is 10.3 Å². The number of hydrogen-bond acceptors (Lipinski definition) is 5. The van der Waals surface area contributed by atoms with E-state index in [0.717, 1.165) is 0 Å². The maximum Gasteiger partial charge on any atom is 0.244 e. The van der Waals surface area contributed by atoms with Crippen molar-refractivity contribution in [2.45, 2.75) is 11.4 Å². The van der Waals surface area contributed by atoms with Crippen LogP contribution in [0.2, 0.25) is 0 Å². The Labute approximate surface area is 112 Å². The third-order valence-corrected chi connectivity index (χ3v) is 3.99. The van der Waals surface area contributed by atoms with Gasteiger partial charge < -0.3 is 10.7 Å². The van der Waals surface area contributed by atoms with E-state index in [2.05, 4.69) is 35.6 Å². The van der Waals surface area contributed by atoms with Crippen molar-refractivity contribution in [2.75, 3.05) is 5.73 Å². The number of nitrogens with zero attached hydrogens (tertiary/aromatic N) is 2. The molecule has 0 unspecified atom stereocenters. The number of rotatable bonds is 4. The number of aromatic amines is 1. The summed E-state index contributed by atoms with van der Waals surface area (Å²) in [6, 6.07) is 1.40. The Bertz CT molecular complexity index is 641. The van der Waals surface area contributed by atoms with E-state index in [1.54, 1.807) is 12.4 Å². The largest absolute Gasteiger partial charge is 0.383 e. The highest BCUT2D eigenvalue weighted by molar-refractivity contribution is 9.10. The smallest absolute Gasteiger partial charge is 0.244 e. The number of aromatic nitrogens is 3. The zero-order valence-electron chi connectivity index (χ0n) is 9.09. The average Bonchev–Trinajstić information content (AvgIpc) is 2.83. The molecule has 0 aliphatic carbocycles. The molecular formula is C9H10BrN5O2S. The van der Waals surface area contributed by atoms with Crippen molar-refractivity contribution in [3.63, 3.8) is 0 Å². The van der Waals surface area contributed by atoms with Crippen LogP contribution in [0.5, 0.6) is 0 Å². The molecular weight excluding hydrogens is 322 g/mol. The van der Waals surface area contributed by atoms with Gasteiger partial charge in [-0.3, -0.25) is 0 Å². The molecule has 0 saturated heterocycles. The summed E-state index contributed by atoms with van der Waals surface area (Å²) in [4.78, 5) is 10.4. The van der Waals surface area contributed by atoms with E-state index < -0.39 is 10.0 Å². The molecule has 0 fully saturated rings. The lowest BCUT2D eigenvalue weighted by atomic mass is 10.5. The van der Waals surface area contributed by atoms with Crippen molar-refractivity contribution in [2.24, 2.45) is 0 Å². The molecule has 7 nitrogen and oxygen atoms in total. The van der Waals surface area contributed by atoms with Crippen LogP contribution in [0.15, 0.2) is 34.0 Å². The van der Waals surface area contributed by atoms with E-state index >= 15 is 0 Å². The summed E-state index contributed by atoms with van der Waals surface area (Å²) < 4.78 is 26.9. The molecule has 4 N–H and O–H groups in total. The number of nitrogen functional groups attached to an aromatic ring is 1. The lowest BCUT2D eigenvalue weighted by Crippen LogP contribution is -2.25. The summed E-state index contributed by atoms with van der Waals surface area (Å²) in [6.07, 6.45) is 4.58. The molecule has 2 aromatic rings. The number of anilines is 1. The highest BCUT2D eigenvalue weighted by Gasteiger charge is 2.18. The quantitative estimate of drug-likeness (QED) is 0.760. The number of nitrogens with one attached hydrogen (secondary N) is 2. The van der Waals surface area contributed by atoms with E-state index in [-0.39, 0.29) is 17.3 Å². The van der Waals surface area contributed by atoms with Gasteiger partial charge in [0.25, 0.3) is 0 Å². The Morgan fingerprint density at radius 1 is 1.44 bits per heavy atom. The SMILES string of the molecule is Nc1ncc(Br)cc1S(=O)(=O)NCc1ncc[nH]1. The molecule has 2 rings (SSSR count). The van der Waals surface area contributed by atoms with Gasteiger partial charge in [-0.25, -0.2) is 23.1 Å². The van der Waals surface area contributed by atoms with Gasteiger partial charge in [0.15, 0.2) is 0 Å². The minimum Gasteiger partial charge on any atom is -0.383 e. The monoisotopic (exact) mass is 331 g/mol. The predicted octanol–water partition coefficient (Wildman–Crippen LogP) is 0.628. The fraction of sp³-hybridized carbons (Fsp3) is 0.111. The highest BCUT2D eigenvalue weighted by Crippen LogP contribution is 2.20. The van der Waals surface area contributed by atoms with Gasteiger partial charge in [-0.2, -0.15) is 0 Å². The fourth-order valence-electron chi connectivity index (χ4n) is 1.28. The Balaban J connectivity index is 2.22. The van der Waals surface area contributed by atoms with Crippen LogP contribution in [-0.2, 0) is 16.6 Å². The molecule has 0 aromatic carbocycles. The van der Waals surface area contributed by atoms with Crippen molar-refractivity contribution in [3.8, 4) is 0 Å². The summed E-state index contributed by atoms with van der Waals surface area (Å²) >= 11 is 3.15. The van der Waals surface area contributed by atoms with Crippen LogP contribution in [0.1, 0.15) is 5.82 Å². The zero-order chi connectivity index (χ0) is 13.2. The molecule has 96 valence electrons. The van der Waals surface area contributed by atoms with Crippen LogP contribution in [0, 0.1) is 0 Å². The number of hydrogen-bond donors (Lipinski definition) is 3. The van der Waals surface area contributed by atoms with Crippen LogP contribution in [0.3, 0.4) is 0 Å². The molecule has 0 spiro atoms. The van der Waals surface area contributed by atoms with Crippen LogP contribution in [-0.4, -0.2) is 23.4 Å². The van der Waals surface area contributed by atoms with E-state index in [9.17, 15) is 8.42 Å². The van der Waals surface area contributed by atoms with Crippen LogP contribution in [0.4, 0.5) is 5.82 Å². The van der Waals surface area contributed by atoms with Gasteiger partial charge in [-0.15, -0.1) is 0 Å². The Hall–Kier alpha value is -1.45. The van der Waals surface area contributed by atoms with Gasteiger partial charge in [0.1, 0.15) is 16.5 Å². The third-order valence-electron chi connectivity index (χ3n) is 2.12. The number of imidazole rings is 1. The fourth-order valence-corrected chi connectivity index (χ4v) is 2.86. The molecule has 2 aromatic heterocycles. The predicted molar refractivity (Wildman–Crippen MR) is 69.0 cm³/mol. The van der Waals surface area contributed by atoms with Crippen molar-refractivity contribution in [3.05, 3.63) is 35.0 Å². The number of pyridine rings is 1. The lowest BCUT2D eigenvalue weighted by molar-refractivity contribution is 0.579. The summed E-state index contributed by atoms with van der Waals surface area (Å²) in [7, 11) is -3.72. The van der Waals surface area contributed by atoms with E-state index in [1.165, 1.54) is 12.3 Å². The molecule has 18 heavy (non-hydrogen) atoms. The topological polar surface area (TPSA) is 114 Å². The average molecular weight is 332 g/mol. The number of halogens is 1. The maximum absolute atomic E-state index is 12.0. The van der Waals surface area contributed by atoms with Gasteiger partial charge in [0, 0.05) is 23.1 Å². The Kier molecular flexibility index (Phi) is 3.64. The van der Waals surface area contributed by atoms with Crippen LogP contribution in [0.25, 0.3) is 0 Å². The molecule has 0 aliphatic heterocycles.